The van der Waals surface area contributed by atoms with Crippen LogP contribution < -0.4 is 15.4 Å². The van der Waals surface area contributed by atoms with Crippen molar-refractivity contribution in [1.82, 2.24) is 0 Å². The average Bonchev–Trinajstić information content (AvgIpc) is 2.81. The third kappa shape index (κ3) is 7.19. The van der Waals surface area contributed by atoms with E-state index in [1.165, 1.54) is 6.08 Å². The van der Waals surface area contributed by atoms with Gasteiger partial charge in [0.15, 0.2) is 6.61 Å². The Labute approximate surface area is 217 Å². The van der Waals surface area contributed by atoms with E-state index in [1.807, 2.05) is 51.1 Å². The van der Waals surface area contributed by atoms with E-state index >= 15 is 0 Å². The van der Waals surface area contributed by atoms with Crippen LogP contribution in [0.1, 0.15) is 22.3 Å². The van der Waals surface area contributed by atoms with E-state index in [1.54, 1.807) is 30.3 Å². The van der Waals surface area contributed by atoms with Crippen molar-refractivity contribution in [3.05, 3.63) is 91.9 Å². The first-order valence-corrected chi connectivity index (χ1v) is 11.8. The van der Waals surface area contributed by atoms with Crippen LogP contribution in [0.25, 0.3) is 6.08 Å². The predicted octanol–water partition coefficient (Wildman–Crippen LogP) is 6.59. The molecule has 2 amide bonds. The van der Waals surface area contributed by atoms with Gasteiger partial charge in [0, 0.05) is 16.4 Å². The summed E-state index contributed by atoms with van der Waals surface area (Å²) in [5, 5.41) is 15.6. The molecule has 0 radical (unpaired) electrons. The number of carbonyl (C=O) groups excluding carboxylic acids is 2. The molecule has 2 N–H and O–H groups in total. The Hall–Kier alpha value is -3.60. The summed E-state index contributed by atoms with van der Waals surface area (Å²) in [4.78, 5) is 24.8. The highest BCUT2D eigenvalue weighted by atomic mass is 79.9. The van der Waals surface area contributed by atoms with Crippen molar-refractivity contribution < 1.29 is 14.3 Å². The molecule has 0 atom stereocenters. The maximum absolute atomic E-state index is 12.6. The third-order valence-electron chi connectivity index (χ3n) is 5.08. The fourth-order valence-corrected chi connectivity index (χ4v) is 3.89. The van der Waals surface area contributed by atoms with Gasteiger partial charge in [-0.3, -0.25) is 9.59 Å². The summed E-state index contributed by atoms with van der Waals surface area (Å²) < 4.78 is 6.18. The van der Waals surface area contributed by atoms with E-state index in [-0.39, 0.29) is 18.1 Å². The van der Waals surface area contributed by atoms with E-state index in [9.17, 15) is 14.9 Å². The number of amides is 2. The second kappa shape index (κ2) is 11.7. The van der Waals surface area contributed by atoms with Crippen LogP contribution in [0, 0.1) is 32.1 Å². The van der Waals surface area contributed by atoms with Gasteiger partial charge < -0.3 is 15.4 Å². The van der Waals surface area contributed by atoms with Gasteiger partial charge in [0.1, 0.15) is 17.4 Å². The van der Waals surface area contributed by atoms with Gasteiger partial charge in [-0.2, -0.15) is 5.26 Å². The molecular formula is C27H23BrClN3O3. The molecule has 0 unspecified atom stereocenters. The standard InChI is InChI=1S/C27H23BrClN3O3/c1-16-4-8-24(18(3)10-16)32-27(34)20(14-30)11-19-6-9-25(22(28)12-19)35-15-26(33)31-21-7-5-17(2)23(29)13-21/h4-13H,15H2,1-3H3,(H,31,33)(H,32,34)/b20-11+. The maximum Gasteiger partial charge on any atom is 0.266 e. The molecule has 3 rings (SSSR count). The second-order valence-corrected chi connectivity index (χ2v) is 9.19. The van der Waals surface area contributed by atoms with Crippen molar-refractivity contribution in [2.45, 2.75) is 20.8 Å². The molecule has 6 nitrogen and oxygen atoms in total. The number of halogens is 2. The van der Waals surface area contributed by atoms with Gasteiger partial charge in [-0.15, -0.1) is 0 Å². The Morgan fingerprint density at radius 1 is 1.03 bits per heavy atom. The van der Waals surface area contributed by atoms with Crippen molar-refractivity contribution in [2.24, 2.45) is 0 Å². The van der Waals surface area contributed by atoms with Crippen LogP contribution in [0.2, 0.25) is 5.02 Å². The van der Waals surface area contributed by atoms with E-state index in [2.05, 4.69) is 26.6 Å². The van der Waals surface area contributed by atoms with Gasteiger partial charge in [-0.1, -0.05) is 41.4 Å². The van der Waals surface area contributed by atoms with Crippen molar-refractivity contribution in [2.75, 3.05) is 17.2 Å². The molecule has 3 aromatic rings. The molecule has 0 fully saturated rings. The predicted molar refractivity (Wildman–Crippen MR) is 143 cm³/mol. The Balaban J connectivity index is 1.64. The second-order valence-electron chi connectivity index (χ2n) is 7.93. The van der Waals surface area contributed by atoms with Gasteiger partial charge in [0.05, 0.1) is 4.47 Å². The van der Waals surface area contributed by atoms with Crippen LogP contribution in [-0.2, 0) is 9.59 Å². The molecule has 0 spiro atoms. The van der Waals surface area contributed by atoms with Crippen molar-refractivity contribution in [3.63, 3.8) is 0 Å². The summed E-state index contributed by atoms with van der Waals surface area (Å²) in [5.41, 5.74) is 4.73. The minimum atomic E-state index is -0.496. The molecule has 35 heavy (non-hydrogen) atoms. The highest BCUT2D eigenvalue weighted by Gasteiger charge is 2.12. The highest BCUT2D eigenvalue weighted by Crippen LogP contribution is 2.27. The van der Waals surface area contributed by atoms with Gasteiger partial charge in [0.2, 0.25) is 0 Å². The summed E-state index contributed by atoms with van der Waals surface area (Å²) in [6, 6.07) is 17.9. The summed E-state index contributed by atoms with van der Waals surface area (Å²) >= 11 is 9.50. The normalized spacial score (nSPS) is 10.9. The number of nitriles is 1. The van der Waals surface area contributed by atoms with Crippen LogP contribution in [0.5, 0.6) is 5.75 Å². The smallest absolute Gasteiger partial charge is 0.266 e. The number of aryl methyl sites for hydroxylation is 3. The molecule has 0 saturated carbocycles. The Kier molecular flexibility index (Phi) is 8.69. The number of hydrogen-bond donors (Lipinski definition) is 2. The van der Waals surface area contributed by atoms with Crippen molar-refractivity contribution in [3.8, 4) is 11.8 Å². The molecule has 0 aliphatic carbocycles. The third-order valence-corrected chi connectivity index (χ3v) is 6.10. The molecule has 0 saturated heterocycles. The SMILES string of the molecule is Cc1ccc(NC(=O)/C(C#N)=C/c2ccc(OCC(=O)Nc3ccc(C)c(Cl)c3)c(Br)c2)c(C)c1. The summed E-state index contributed by atoms with van der Waals surface area (Å²) in [7, 11) is 0. The number of ether oxygens (including phenoxy) is 1. The lowest BCUT2D eigenvalue weighted by Crippen LogP contribution is -2.20. The van der Waals surface area contributed by atoms with Crippen LogP contribution in [0.4, 0.5) is 11.4 Å². The fraction of sp³-hybridized carbons (Fsp3) is 0.148. The Bertz CT molecular complexity index is 1360. The molecule has 3 aromatic carbocycles. The lowest BCUT2D eigenvalue weighted by atomic mass is 10.1. The van der Waals surface area contributed by atoms with E-state index in [0.29, 0.717) is 32.2 Å². The summed E-state index contributed by atoms with van der Waals surface area (Å²) in [6.07, 6.45) is 1.49. The zero-order valence-electron chi connectivity index (χ0n) is 19.4. The first kappa shape index (κ1) is 26.0. The minimum Gasteiger partial charge on any atom is -0.483 e. The number of hydrogen-bond acceptors (Lipinski definition) is 4. The molecule has 0 aromatic heterocycles. The molecule has 0 aliphatic heterocycles. The quantitative estimate of drug-likeness (QED) is 0.255. The zero-order valence-corrected chi connectivity index (χ0v) is 21.8. The Morgan fingerprint density at radius 2 is 1.80 bits per heavy atom. The monoisotopic (exact) mass is 551 g/mol. The van der Waals surface area contributed by atoms with Gasteiger partial charge in [-0.05, 0) is 89.8 Å². The molecule has 8 heteroatoms. The number of carbonyl (C=O) groups is 2. The number of anilines is 2. The van der Waals surface area contributed by atoms with Crippen molar-refractivity contribution in [1.29, 1.82) is 5.26 Å². The Morgan fingerprint density at radius 3 is 2.46 bits per heavy atom. The lowest BCUT2D eigenvalue weighted by molar-refractivity contribution is -0.118. The van der Waals surface area contributed by atoms with Gasteiger partial charge in [-0.25, -0.2) is 0 Å². The van der Waals surface area contributed by atoms with Gasteiger partial charge in [0.25, 0.3) is 11.8 Å². The summed E-state index contributed by atoms with van der Waals surface area (Å²) in [5.74, 6) is -0.392. The van der Waals surface area contributed by atoms with Crippen LogP contribution in [0.15, 0.2) is 64.6 Å². The minimum absolute atomic E-state index is 0.0401. The van der Waals surface area contributed by atoms with Crippen LogP contribution in [0.3, 0.4) is 0 Å². The number of nitrogens with zero attached hydrogens (tertiary/aromatic N) is 1. The zero-order chi connectivity index (χ0) is 25.5. The van der Waals surface area contributed by atoms with Gasteiger partial charge >= 0.3 is 0 Å². The van der Waals surface area contributed by atoms with E-state index in [4.69, 9.17) is 16.3 Å². The van der Waals surface area contributed by atoms with E-state index < -0.39 is 5.91 Å². The van der Waals surface area contributed by atoms with Crippen molar-refractivity contribution >= 4 is 56.8 Å². The number of benzene rings is 3. The first-order chi connectivity index (χ1) is 16.7. The van der Waals surface area contributed by atoms with Crippen LogP contribution in [-0.4, -0.2) is 18.4 Å². The summed E-state index contributed by atoms with van der Waals surface area (Å²) in [6.45, 7) is 5.53. The topological polar surface area (TPSA) is 91.2 Å². The molecule has 0 aliphatic rings. The molecular weight excluding hydrogens is 530 g/mol. The van der Waals surface area contributed by atoms with E-state index in [0.717, 1.165) is 16.7 Å². The average molecular weight is 553 g/mol. The highest BCUT2D eigenvalue weighted by molar-refractivity contribution is 9.10. The molecule has 0 bridgehead atoms. The first-order valence-electron chi connectivity index (χ1n) is 10.6. The largest absolute Gasteiger partial charge is 0.483 e. The molecule has 178 valence electrons. The lowest BCUT2D eigenvalue weighted by Gasteiger charge is -2.11. The number of rotatable bonds is 7. The number of nitrogens with one attached hydrogen (secondary N) is 2. The molecule has 0 heterocycles. The van der Waals surface area contributed by atoms with Crippen LogP contribution >= 0.6 is 27.5 Å². The maximum atomic E-state index is 12.6. The fourth-order valence-electron chi connectivity index (χ4n) is 3.19.